The van der Waals surface area contributed by atoms with Crippen LogP contribution in [0.5, 0.6) is 0 Å². The van der Waals surface area contributed by atoms with Crippen LogP contribution in [0.2, 0.25) is 0 Å². The third kappa shape index (κ3) is 1.42. The lowest BCUT2D eigenvalue weighted by atomic mass is 9.91. The summed E-state index contributed by atoms with van der Waals surface area (Å²) < 4.78 is 0. The number of carboxylic acid groups (broad SMARTS) is 2. The van der Waals surface area contributed by atoms with E-state index in [0.29, 0.717) is 12.8 Å². The molecule has 0 saturated heterocycles. The summed E-state index contributed by atoms with van der Waals surface area (Å²) in [6, 6.07) is 0. The van der Waals surface area contributed by atoms with Crippen LogP contribution < -0.4 is 0 Å². The molecule has 2 N–H and O–H groups in total. The quantitative estimate of drug-likeness (QED) is 0.646. The molecule has 0 amide bonds. The molecule has 1 saturated carbocycles. The van der Waals surface area contributed by atoms with Crippen molar-refractivity contribution in [3.05, 3.63) is 0 Å². The zero-order valence-corrected chi connectivity index (χ0v) is 6.86. The van der Waals surface area contributed by atoms with Gasteiger partial charge in [-0.2, -0.15) is 0 Å². The van der Waals surface area contributed by atoms with Crippen molar-refractivity contribution in [2.45, 2.75) is 19.8 Å². The lowest BCUT2D eigenvalue weighted by Gasteiger charge is -2.13. The summed E-state index contributed by atoms with van der Waals surface area (Å²) in [5, 5.41) is 17.4. The third-order valence-electron chi connectivity index (χ3n) is 2.69. The van der Waals surface area contributed by atoms with Crippen LogP contribution in [-0.2, 0) is 9.59 Å². The summed E-state index contributed by atoms with van der Waals surface area (Å²) in [6.07, 6.45) is 0.987. The fourth-order valence-electron chi connectivity index (χ4n) is 1.86. The van der Waals surface area contributed by atoms with Crippen LogP contribution in [0, 0.1) is 17.8 Å². The average Bonchev–Trinajstić information content (AvgIpc) is 2.30. The number of carboxylic acids is 2. The molecule has 0 heterocycles. The van der Waals surface area contributed by atoms with Gasteiger partial charge in [0.1, 0.15) is 0 Å². The molecular weight excluding hydrogens is 160 g/mol. The molecule has 0 aromatic carbocycles. The monoisotopic (exact) mass is 172 g/mol. The Morgan fingerprint density at radius 1 is 1.08 bits per heavy atom. The molecule has 0 radical (unpaired) electrons. The van der Waals surface area contributed by atoms with E-state index in [9.17, 15) is 9.59 Å². The van der Waals surface area contributed by atoms with Crippen molar-refractivity contribution in [2.24, 2.45) is 17.8 Å². The summed E-state index contributed by atoms with van der Waals surface area (Å²) in [4.78, 5) is 21.2. The maximum atomic E-state index is 10.6. The van der Waals surface area contributed by atoms with Crippen molar-refractivity contribution in [1.29, 1.82) is 0 Å². The van der Waals surface area contributed by atoms with Crippen LogP contribution >= 0.6 is 0 Å². The van der Waals surface area contributed by atoms with E-state index >= 15 is 0 Å². The van der Waals surface area contributed by atoms with E-state index in [1.807, 2.05) is 0 Å². The number of carbonyl (C=O) groups is 2. The second-order valence-corrected chi connectivity index (χ2v) is 3.33. The van der Waals surface area contributed by atoms with Gasteiger partial charge in [-0.15, -0.1) is 0 Å². The Labute approximate surface area is 70.2 Å². The highest BCUT2D eigenvalue weighted by Crippen LogP contribution is 2.36. The van der Waals surface area contributed by atoms with Gasteiger partial charge in [-0.1, -0.05) is 6.92 Å². The SMILES string of the molecule is CC1[C@@H](C(=O)O)CC[C@H]1C(=O)O. The number of hydrogen-bond donors (Lipinski definition) is 2. The Kier molecular flexibility index (Phi) is 2.35. The largest absolute Gasteiger partial charge is 0.481 e. The van der Waals surface area contributed by atoms with Crippen LogP contribution in [-0.4, -0.2) is 22.2 Å². The highest BCUT2D eigenvalue weighted by Gasteiger charge is 2.40. The maximum absolute atomic E-state index is 10.6. The fourth-order valence-corrected chi connectivity index (χ4v) is 1.86. The topological polar surface area (TPSA) is 74.6 Å². The van der Waals surface area contributed by atoms with Gasteiger partial charge in [-0.05, 0) is 18.8 Å². The first kappa shape index (κ1) is 9.03. The highest BCUT2D eigenvalue weighted by molar-refractivity contribution is 5.75. The summed E-state index contributed by atoms with van der Waals surface area (Å²) in [5.74, 6) is -2.91. The van der Waals surface area contributed by atoms with Gasteiger partial charge >= 0.3 is 11.9 Å². The molecule has 1 aliphatic carbocycles. The standard InChI is InChI=1S/C8H12O4/c1-4-5(7(9)10)2-3-6(4)8(11)12/h4-6H,2-3H2,1H3,(H,9,10)(H,11,12)/t4?,5-,6+. The van der Waals surface area contributed by atoms with Gasteiger partial charge < -0.3 is 10.2 Å². The number of rotatable bonds is 2. The Hall–Kier alpha value is -1.06. The van der Waals surface area contributed by atoms with Crippen LogP contribution in [0.3, 0.4) is 0 Å². The molecular formula is C8H12O4. The van der Waals surface area contributed by atoms with Crippen molar-refractivity contribution in [3.63, 3.8) is 0 Å². The molecule has 1 unspecified atom stereocenters. The molecule has 3 atom stereocenters. The van der Waals surface area contributed by atoms with E-state index in [1.54, 1.807) is 6.92 Å². The molecule has 12 heavy (non-hydrogen) atoms. The van der Waals surface area contributed by atoms with E-state index < -0.39 is 23.8 Å². The molecule has 0 bridgehead atoms. The van der Waals surface area contributed by atoms with Crippen molar-refractivity contribution >= 4 is 11.9 Å². The molecule has 1 rings (SSSR count). The molecule has 0 aliphatic heterocycles. The highest BCUT2D eigenvalue weighted by atomic mass is 16.4. The molecule has 0 aromatic rings. The predicted octanol–water partition coefficient (Wildman–Crippen LogP) is 0.818. The van der Waals surface area contributed by atoms with Crippen molar-refractivity contribution in [3.8, 4) is 0 Å². The lowest BCUT2D eigenvalue weighted by Crippen LogP contribution is -2.23. The third-order valence-corrected chi connectivity index (χ3v) is 2.69. The molecule has 4 heteroatoms. The molecule has 0 spiro atoms. The Morgan fingerprint density at radius 2 is 1.42 bits per heavy atom. The summed E-state index contributed by atoms with van der Waals surface area (Å²) in [7, 11) is 0. The lowest BCUT2D eigenvalue weighted by molar-refractivity contribution is -0.145. The van der Waals surface area contributed by atoms with E-state index in [4.69, 9.17) is 10.2 Å². The maximum Gasteiger partial charge on any atom is 0.306 e. The van der Waals surface area contributed by atoms with Crippen molar-refractivity contribution < 1.29 is 19.8 Å². The van der Waals surface area contributed by atoms with Crippen LogP contribution in [0.1, 0.15) is 19.8 Å². The zero-order valence-electron chi connectivity index (χ0n) is 6.86. The van der Waals surface area contributed by atoms with Gasteiger partial charge in [0, 0.05) is 0 Å². The van der Waals surface area contributed by atoms with E-state index in [0.717, 1.165) is 0 Å². The molecule has 68 valence electrons. The molecule has 1 aliphatic rings. The smallest absolute Gasteiger partial charge is 0.306 e. The first-order valence-electron chi connectivity index (χ1n) is 3.99. The summed E-state index contributed by atoms with van der Waals surface area (Å²) >= 11 is 0. The van der Waals surface area contributed by atoms with Gasteiger partial charge in [0.2, 0.25) is 0 Å². The second kappa shape index (κ2) is 3.13. The van der Waals surface area contributed by atoms with Gasteiger partial charge in [0.05, 0.1) is 11.8 Å². The normalized spacial score (nSPS) is 34.9. The second-order valence-electron chi connectivity index (χ2n) is 3.33. The minimum Gasteiger partial charge on any atom is -0.481 e. The molecule has 0 aromatic heterocycles. The van der Waals surface area contributed by atoms with Crippen LogP contribution in [0.25, 0.3) is 0 Å². The minimum absolute atomic E-state index is 0.236. The van der Waals surface area contributed by atoms with Gasteiger partial charge in [-0.25, -0.2) is 0 Å². The Morgan fingerprint density at radius 3 is 1.58 bits per heavy atom. The zero-order chi connectivity index (χ0) is 9.30. The van der Waals surface area contributed by atoms with Gasteiger partial charge in [0.15, 0.2) is 0 Å². The predicted molar refractivity (Wildman–Crippen MR) is 40.6 cm³/mol. The minimum atomic E-state index is -0.869. The Balaban J connectivity index is 2.67. The van der Waals surface area contributed by atoms with Crippen molar-refractivity contribution in [2.75, 3.05) is 0 Å². The number of hydrogen-bond acceptors (Lipinski definition) is 2. The van der Waals surface area contributed by atoms with Gasteiger partial charge in [-0.3, -0.25) is 9.59 Å². The van der Waals surface area contributed by atoms with Crippen LogP contribution in [0.4, 0.5) is 0 Å². The van der Waals surface area contributed by atoms with Gasteiger partial charge in [0.25, 0.3) is 0 Å². The van der Waals surface area contributed by atoms with E-state index in [-0.39, 0.29) is 5.92 Å². The average molecular weight is 172 g/mol. The van der Waals surface area contributed by atoms with Crippen molar-refractivity contribution in [1.82, 2.24) is 0 Å². The van der Waals surface area contributed by atoms with Crippen LogP contribution in [0.15, 0.2) is 0 Å². The number of aliphatic carboxylic acids is 2. The fraction of sp³-hybridized carbons (Fsp3) is 0.750. The van der Waals surface area contributed by atoms with E-state index in [2.05, 4.69) is 0 Å². The van der Waals surface area contributed by atoms with E-state index in [1.165, 1.54) is 0 Å². The first-order valence-corrected chi connectivity index (χ1v) is 3.99. The molecule has 4 nitrogen and oxygen atoms in total. The summed E-state index contributed by atoms with van der Waals surface area (Å²) in [5.41, 5.74) is 0. The molecule has 1 fully saturated rings. The first-order chi connectivity index (χ1) is 5.54. The Bertz CT molecular complexity index is 189. The summed E-state index contributed by atoms with van der Waals surface area (Å²) in [6.45, 7) is 1.70.